The second kappa shape index (κ2) is 10.9. The number of imidazole rings is 1. The van der Waals surface area contributed by atoms with Crippen LogP contribution in [-0.4, -0.2) is 30.6 Å². The topological polar surface area (TPSA) is 119 Å². The highest BCUT2D eigenvalue weighted by Crippen LogP contribution is 2.14. The molecule has 2 N–H and O–H groups in total. The summed E-state index contributed by atoms with van der Waals surface area (Å²) in [6.45, 7) is 6.90. The number of nitrogens with one attached hydrogen (secondary N) is 1. The van der Waals surface area contributed by atoms with Crippen molar-refractivity contribution in [2.24, 2.45) is 0 Å². The molecule has 0 spiro atoms. The summed E-state index contributed by atoms with van der Waals surface area (Å²) in [5.74, 6) is 0. The van der Waals surface area contributed by atoms with Gasteiger partial charge in [-0.25, -0.2) is 9.78 Å². The first-order chi connectivity index (χ1) is 12.0. The second-order valence-corrected chi connectivity index (χ2v) is 6.10. The zero-order valence-electron chi connectivity index (χ0n) is 14.9. The van der Waals surface area contributed by atoms with E-state index in [0.29, 0.717) is 30.6 Å². The van der Waals surface area contributed by atoms with Crippen molar-refractivity contribution < 1.29 is 14.0 Å². The Labute approximate surface area is 146 Å². The Morgan fingerprint density at radius 2 is 1.88 bits per heavy atom. The quantitative estimate of drug-likeness (QED) is 0.540. The molecule has 1 unspecified atom stereocenters. The van der Waals surface area contributed by atoms with Crippen molar-refractivity contribution in [2.45, 2.75) is 59.5 Å². The third-order valence-electron chi connectivity index (χ3n) is 3.59. The molecule has 10 heteroatoms. The van der Waals surface area contributed by atoms with Crippen molar-refractivity contribution >= 4 is 19.4 Å². The summed E-state index contributed by atoms with van der Waals surface area (Å²) in [5.41, 5.74) is -0.168. The van der Waals surface area contributed by atoms with Crippen LogP contribution in [0.3, 0.4) is 0 Å². The molecule has 25 heavy (non-hydrogen) atoms. The molecule has 0 saturated heterocycles. The lowest BCUT2D eigenvalue weighted by molar-refractivity contribution is 0.272. The molecule has 140 valence electrons. The van der Waals surface area contributed by atoms with Crippen molar-refractivity contribution in [3.8, 4) is 0 Å². The van der Waals surface area contributed by atoms with Crippen LogP contribution in [0, 0.1) is 0 Å². The molecule has 0 amide bonds. The first-order valence-electron chi connectivity index (χ1n) is 8.43. The minimum absolute atomic E-state index is 0.106. The first kappa shape index (κ1) is 21.2. The average Bonchev–Trinajstić information content (AvgIpc) is 3.07. The van der Waals surface area contributed by atoms with Crippen LogP contribution in [0.5, 0.6) is 0 Å². The fourth-order valence-corrected chi connectivity index (χ4v) is 2.39. The van der Waals surface area contributed by atoms with Crippen molar-refractivity contribution in [3.63, 3.8) is 0 Å². The number of aromatic nitrogens is 4. The summed E-state index contributed by atoms with van der Waals surface area (Å²) in [6, 6.07) is 0. The molecule has 2 rings (SSSR count). The van der Waals surface area contributed by atoms with Crippen molar-refractivity contribution in [2.75, 3.05) is 6.61 Å². The summed E-state index contributed by atoms with van der Waals surface area (Å²) in [6.07, 6.45) is 4.98. The van der Waals surface area contributed by atoms with Gasteiger partial charge in [0.15, 0.2) is 5.65 Å². The van der Waals surface area contributed by atoms with E-state index >= 15 is 0 Å². The Bertz CT molecular complexity index is 793. The molecular formula is C15H26N4O5P+. The van der Waals surface area contributed by atoms with Gasteiger partial charge in [-0.05, 0) is 19.8 Å². The summed E-state index contributed by atoms with van der Waals surface area (Å²) in [7, 11) is -2.61. The molecule has 0 aliphatic heterocycles. The van der Waals surface area contributed by atoms with Crippen LogP contribution in [0.2, 0.25) is 0 Å². The lowest BCUT2D eigenvalue weighted by Gasteiger charge is -2.08. The number of unbranched alkanes of at least 4 members (excludes halogenated alkanes) is 2. The largest absolute Gasteiger partial charge is 0.694 e. The van der Waals surface area contributed by atoms with E-state index in [1.54, 1.807) is 6.92 Å². The maximum absolute atomic E-state index is 12.3. The Morgan fingerprint density at radius 1 is 1.20 bits per heavy atom. The monoisotopic (exact) mass is 373 g/mol. The first-order valence-corrected chi connectivity index (χ1v) is 9.56. The van der Waals surface area contributed by atoms with Gasteiger partial charge in [0.1, 0.15) is 12.1 Å². The van der Waals surface area contributed by atoms with Crippen LogP contribution < -0.4 is 11.2 Å². The molecule has 1 atom stereocenters. The van der Waals surface area contributed by atoms with Crippen molar-refractivity contribution in [1.29, 1.82) is 0 Å². The van der Waals surface area contributed by atoms with Crippen LogP contribution in [0.1, 0.15) is 46.5 Å². The summed E-state index contributed by atoms with van der Waals surface area (Å²) < 4.78 is 17.4. The normalized spacial score (nSPS) is 11.3. The summed E-state index contributed by atoms with van der Waals surface area (Å²) >= 11 is 0. The maximum Gasteiger partial charge on any atom is 0.694 e. The van der Waals surface area contributed by atoms with Crippen LogP contribution >= 0.6 is 8.25 Å². The molecule has 9 nitrogen and oxygen atoms in total. The zero-order valence-corrected chi connectivity index (χ0v) is 15.8. The molecular weight excluding hydrogens is 347 g/mol. The fourth-order valence-electron chi connectivity index (χ4n) is 2.10. The summed E-state index contributed by atoms with van der Waals surface area (Å²) in [4.78, 5) is 39.7. The number of rotatable bonds is 8. The lowest BCUT2D eigenvalue weighted by Crippen LogP contribution is -2.40. The van der Waals surface area contributed by atoms with E-state index in [9.17, 15) is 14.2 Å². The number of H-pyrrole nitrogens is 1. The molecule has 0 aliphatic carbocycles. The number of fused-ring (bicyclic) bond motifs is 1. The van der Waals surface area contributed by atoms with E-state index in [1.807, 2.05) is 0 Å². The van der Waals surface area contributed by atoms with Crippen molar-refractivity contribution in [1.82, 2.24) is 19.1 Å². The van der Waals surface area contributed by atoms with Gasteiger partial charge < -0.3 is 4.98 Å². The highest BCUT2D eigenvalue weighted by atomic mass is 31.1. The van der Waals surface area contributed by atoms with E-state index in [1.165, 1.54) is 23.7 Å². The predicted molar refractivity (Wildman–Crippen MR) is 95.9 cm³/mol. The summed E-state index contributed by atoms with van der Waals surface area (Å²) in [5, 5.41) is 0. The lowest BCUT2D eigenvalue weighted by atomic mass is 10.3. The zero-order chi connectivity index (χ0) is 18.8. The van der Waals surface area contributed by atoms with Gasteiger partial charge in [-0.1, -0.05) is 26.7 Å². The van der Waals surface area contributed by atoms with Crippen LogP contribution in [0.4, 0.5) is 0 Å². The van der Waals surface area contributed by atoms with Crippen LogP contribution in [0.25, 0.3) is 11.2 Å². The smallest absolute Gasteiger partial charge is 0.339 e. The SMILES string of the molecule is CCCC.CCn1c(=O)n(CCCCO[P+](=O)O)c(=O)c2[nH]cnc21. The Morgan fingerprint density at radius 3 is 2.44 bits per heavy atom. The minimum Gasteiger partial charge on any atom is -0.339 e. The van der Waals surface area contributed by atoms with Gasteiger partial charge >= 0.3 is 13.9 Å². The van der Waals surface area contributed by atoms with E-state index in [-0.39, 0.29) is 13.2 Å². The second-order valence-electron chi connectivity index (χ2n) is 5.36. The fraction of sp³-hybridized carbons (Fsp3) is 0.667. The highest BCUT2D eigenvalue weighted by Gasteiger charge is 2.14. The van der Waals surface area contributed by atoms with Gasteiger partial charge in [-0.3, -0.25) is 13.9 Å². The van der Waals surface area contributed by atoms with Gasteiger partial charge in [0.05, 0.1) is 6.33 Å². The van der Waals surface area contributed by atoms with E-state index < -0.39 is 19.5 Å². The standard InChI is InChI=1S/C11H15N4O5P.C4H10/c1-2-14-9-8(12-7-13-9)10(16)15(11(14)17)5-3-4-6-20-21(18)19;1-3-4-2/h7H,2-6H2,1H3,(H-,12,13,16,18,19);3-4H2,1-2H3/p+1. The molecule has 0 bridgehead atoms. The predicted octanol–water partition coefficient (Wildman–Crippen LogP) is 2.16. The van der Waals surface area contributed by atoms with Crippen LogP contribution in [-0.2, 0) is 22.2 Å². The van der Waals surface area contributed by atoms with Gasteiger partial charge in [0, 0.05) is 17.7 Å². The Hall–Kier alpha value is -1.83. The number of hydrogen-bond acceptors (Lipinski definition) is 5. The molecule has 0 aliphatic rings. The molecule has 2 aromatic rings. The minimum atomic E-state index is -2.61. The van der Waals surface area contributed by atoms with Crippen LogP contribution in [0.15, 0.2) is 15.9 Å². The molecule has 0 saturated carbocycles. The third kappa shape index (κ3) is 5.88. The van der Waals surface area contributed by atoms with Gasteiger partial charge in [-0.2, -0.15) is 0 Å². The van der Waals surface area contributed by atoms with Crippen molar-refractivity contribution in [3.05, 3.63) is 27.2 Å². The van der Waals surface area contributed by atoms with E-state index in [0.717, 1.165) is 4.57 Å². The Balaban J connectivity index is 0.000000705. The number of nitrogens with zero attached hydrogens (tertiary/aromatic N) is 3. The molecule has 2 aromatic heterocycles. The number of aryl methyl sites for hydroxylation is 1. The molecule has 0 fully saturated rings. The Kier molecular flexibility index (Phi) is 9.26. The maximum atomic E-state index is 12.3. The average molecular weight is 373 g/mol. The molecule has 0 aromatic carbocycles. The molecule has 2 heterocycles. The number of aromatic amines is 1. The number of hydrogen-bond donors (Lipinski definition) is 2. The van der Waals surface area contributed by atoms with E-state index in [2.05, 4.69) is 28.3 Å². The van der Waals surface area contributed by atoms with Gasteiger partial charge in [-0.15, -0.1) is 9.42 Å². The van der Waals surface area contributed by atoms with Gasteiger partial charge in [0.2, 0.25) is 0 Å². The van der Waals surface area contributed by atoms with E-state index in [4.69, 9.17) is 4.89 Å². The van der Waals surface area contributed by atoms with Gasteiger partial charge in [0.25, 0.3) is 5.56 Å². The highest BCUT2D eigenvalue weighted by molar-refractivity contribution is 7.32. The molecule has 0 radical (unpaired) electrons. The third-order valence-corrected chi connectivity index (χ3v) is 3.99.